The molecule has 176 valence electrons. The van der Waals surface area contributed by atoms with Crippen LogP contribution in [0.2, 0.25) is 5.02 Å². The van der Waals surface area contributed by atoms with Gasteiger partial charge in [0.1, 0.15) is 5.75 Å². The molecule has 2 rings (SSSR count). The molecule has 0 spiro atoms. The largest absolute Gasteiger partial charge is 0.493 e. The van der Waals surface area contributed by atoms with Crippen molar-refractivity contribution < 1.29 is 27.4 Å². The van der Waals surface area contributed by atoms with E-state index in [-0.39, 0.29) is 34.2 Å². The standard InChI is InChI=1S/C22H29ClN2O6S/c1-5-6-11-24-32(27,28)17-8-10-19(18(23)13-17)31-14-22(26)25-15(2)16-7-9-20(29-3)21(12-16)30-4/h7-10,12-13,15,24H,5-6,11,14H2,1-4H3,(H,25,26)/t15-/m0/s1. The average Bonchev–Trinajstić information content (AvgIpc) is 2.77. The van der Waals surface area contributed by atoms with Gasteiger partial charge in [0.15, 0.2) is 18.1 Å². The Morgan fingerprint density at radius 3 is 2.38 bits per heavy atom. The Kier molecular flexibility index (Phi) is 9.61. The third kappa shape index (κ3) is 7.01. The van der Waals surface area contributed by atoms with Gasteiger partial charge in [0, 0.05) is 6.54 Å². The number of rotatable bonds is 12. The molecule has 0 heterocycles. The molecule has 0 radical (unpaired) electrons. The lowest BCUT2D eigenvalue weighted by Crippen LogP contribution is -2.31. The Morgan fingerprint density at radius 1 is 1.06 bits per heavy atom. The number of halogens is 1. The Bertz CT molecular complexity index is 1030. The van der Waals surface area contributed by atoms with Crippen LogP contribution < -0.4 is 24.2 Å². The molecule has 0 aromatic heterocycles. The summed E-state index contributed by atoms with van der Waals surface area (Å²) in [6.45, 7) is 3.88. The Labute approximate surface area is 194 Å². The second-order valence-corrected chi connectivity index (χ2v) is 9.21. The molecule has 8 nitrogen and oxygen atoms in total. The van der Waals surface area contributed by atoms with Gasteiger partial charge in [0.2, 0.25) is 10.0 Å². The lowest BCUT2D eigenvalue weighted by Gasteiger charge is -2.17. The van der Waals surface area contributed by atoms with Crippen LogP contribution in [0.25, 0.3) is 0 Å². The monoisotopic (exact) mass is 484 g/mol. The van der Waals surface area contributed by atoms with Crippen molar-refractivity contribution in [3.8, 4) is 17.2 Å². The predicted octanol–water partition coefficient (Wildman–Crippen LogP) is 3.69. The third-order valence-corrected chi connectivity index (χ3v) is 6.43. The first-order chi connectivity index (χ1) is 15.2. The summed E-state index contributed by atoms with van der Waals surface area (Å²) >= 11 is 6.17. The van der Waals surface area contributed by atoms with Crippen molar-refractivity contribution >= 4 is 27.5 Å². The minimum absolute atomic E-state index is 0.0393. The first kappa shape index (κ1) is 25.8. The molecule has 0 unspecified atom stereocenters. The van der Waals surface area contributed by atoms with E-state index in [4.69, 9.17) is 25.8 Å². The summed E-state index contributed by atoms with van der Waals surface area (Å²) in [5, 5.41) is 2.93. The van der Waals surface area contributed by atoms with E-state index in [1.54, 1.807) is 26.4 Å². The molecule has 0 aliphatic heterocycles. The van der Waals surface area contributed by atoms with E-state index in [9.17, 15) is 13.2 Å². The first-order valence-corrected chi connectivity index (χ1v) is 12.0. The highest BCUT2D eigenvalue weighted by Crippen LogP contribution is 2.30. The molecule has 0 saturated carbocycles. The van der Waals surface area contributed by atoms with Gasteiger partial charge in [0.25, 0.3) is 5.91 Å². The summed E-state index contributed by atoms with van der Waals surface area (Å²) in [6, 6.07) is 9.20. The zero-order valence-corrected chi connectivity index (χ0v) is 20.2. The summed E-state index contributed by atoms with van der Waals surface area (Å²) in [5.41, 5.74) is 0.833. The van der Waals surface area contributed by atoms with E-state index in [0.29, 0.717) is 18.0 Å². The summed E-state index contributed by atoms with van der Waals surface area (Å²) in [5.74, 6) is 1.02. The third-order valence-electron chi connectivity index (χ3n) is 4.68. The van der Waals surface area contributed by atoms with Crippen LogP contribution in [0.15, 0.2) is 41.3 Å². The van der Waals surface area contributed by atoms with Crippen LogP contribution in [0, 0.1) is 0 Å². The zero-order valence-electron chi connectivity index (χ0n) is 18.6. The fourth-order valence-corrected chi connectivity index (χ4v) is 4.26. The van der Waals surface area contributed by atoms with Crippen molar-refractivity contribution in [3.05, 3.63) is 47.0 Å². The summed E-state index contributed by atoms with van der Waals surface area (Å²) in [7, 11) is -0.555. The number of benzene rings is 2. The number of nitrogens with one attached hydrogen (secondary N) is 2. The molecular formula is C22H29ClN2O6S. The van der Waals surface area contributed by atoms with Gasteiger partial charge in [-0.15, -0.1) is 0 Å². The smallest absolute Gasteiger partial charge is 0.258 e. The van der Waals surface area contributed by atoms with Crippen LogP contribution in [0.1, 0.15) is 38.3 Å². The van der Waals surface area contributed by atoms with Crippen LogP contribution in [0.4, 0.5) is 0 Å². The lowest BCUT2D eigenvalue weighted by molar-refractivity contribution is -0.123. The highest BCUT2D eigenvalue weighted by atomic mass is 35.5. The van der Waals surface area contributed by atoms with Gasteiger partial charge in [-0.25, -0.2) is 13.1 Å². The van der Waals surface area contributed by atoms with Gasteiger partial charge in [-0.1, -0.05) is 31.0 Å². The first-order valence-electron chi connectivity index (χ1n) is 10.1. The average molecular weight is 485 g/mol. The number of sulfonamides is 1. The summed E-state index contributed by atoms with van der Waals surface area (Å²) < 4.78 is 43.1. The Morgan fingerprint density at radius 2 is 1.75 bits per heavy atom. The van der Waals surface area contributed by atoms with Crippen LogP contribution >= 0.6 is 11.6 Å². The highest BCUT2D eigenvalue weighted by Gasteiger charge is 2.17. The second-order valence-electron chi connectivity index (χ2n) is 7.04. The summed E-state index contributed by atoms with van der Waals surface area (Å²) in [6.07, 6.45) is 1.62. The van der Waals surface area contributed by atoms with E-state index < -0.39 is 10.0 Å². The molecule has 2 aromatic rings. The van der Waals surface area contributed by atoms with Crippen molar-refractivity contribution in [1.29, 1.82) is 0 Å². The van der Waals surface area contributed by atoms with Crippen LogP contribution in [0.3, 0.4) is 0 Å². The molecule has 2 N–H and O–H groups in total. The van der Waals surface area contributed by atoms with E-state index in [1.165, 1.54) is 18.2 Å². The molecular weight excluding hydrogens is 456 g/mol. The number of carbonyl (C=O) groups excluding carboxylic acids is 1. The fraction of sp³-hybridized carbons (Fsp3) is 0.409. The molecule has 0 aliphatic carbocycles. The number of unbranched alkanes of at least 4 members (excludes halogenated alkanes) is 1. The number of hydrogen-bond donors (Lipinski definition) is 2. The van der Waals surface area contributed by atoms with Gasteiger partial charge in [-0.2, -0.15) is 0 Å². The van der Waals surface area contributed by atoms with Crippen LogP contribution in [-0.2, 0) is 14.8 Å². The van der Waals surface area contributed by atoms with Gasteiger partial charge in [-0.3, -0.25) is 4.79 Å². The molecule has 0 aliphatic rings. The Balaban J connectivity index is 1.96. The predicted molar refractivity (Wildman–Crippen MR) is 123 cm³/mol. The van der Waals surface area contributed by atoms with Crippen LogP contribution in [0.5, 0.6) is 17.2 Å². The molecule has 1 atom stereocenters. The second kappa shape index (κ2) is 11.9. The van der Waals surface area contributed by atoms with E-state index in [1.807, 2.05) is 19.9 Å². The normalized spacial score (nSPS) is 12.2. The van der Waals surface area contributed by atoms with Crippen molar-refractivity contribution in [1.82, 2.24) is 10.0 Å². The SMILES string of the molecule is CCCCNS(=O)(=O)c1ccc(OCC(=O)N[C@@H](C)c2ccc(OC)c(OC)c2)c(Cl)c1. The topological polar surface area (TPSA) is 103 Å². The fourth-order valence-electron chi connectivity index (χ4n) is 2.86. The van der Waals surface area contributed by atoms with Crippen molar-refractivity contribution in [2.24, 2.45) is 0 Å². The maximum atomic E-state index is 12.3. The number of hydrogen-bond acceptors (Lipinski definition) is 6. The highest BCUT2D eigenvalue weighted by molar-refractivity contribution is 7.89. The number of amides is 1. The van der Waals surface area contributed by atoms with Crippen molar-refractivity contribution in [2.45, 2.75) is 37.6 Å². The maximum absolute atomic E-state index is 12.3. The molecule has 1 amide bonds. The maximum Gasteiger partial charge on any atom is 0.258 e. The molecule has 0 bridgehead atoms. The van der Waals surface area contributed by atoms with Gasteiger partial charge < -0.3 is 19.5 Å². The quantitative estimate of drug-likeness (QED) is 0.445. The minimum atomic E-state index is -3.65. The molecule has 32 heavy (non-hydrogen) atoms. The summed E-state index contributed by atoms with van der Waals surface area (Å²) in [4.78, 5) is 12.4. The van der Waals surface area contributed by atoms with Gasteiger partial charge in [0.05, 0.1) is 30.2 Å². The molecule has 10 heteroatoms. The zero-order chi connectivity index (χ0) is 23.7. The van der Waals surface area contributed by atoms with Crippen molar-refractivity contribution in [2.75, 3.05) is 27.4 Å². The number of carbonyl (C=O) groups is 1. The minimum Gasteiger partial charge on any atom is -0.493 e. The van der Waals surface area contributed by atoms with Gasteiger partial charge >= 0.3 is 0 Å². The van der Waals surface area contributed by atoms with E-state index >= 15 is 0 Å². The van der Waals surface area contributed by atoms with Crippen molar-refractivity contribution in [3.63, 3.8) is 0 Å². The van der Waals surface area contributed by atoms with E-state index in [0.717, 1.165) is 18.4 Å². The van der Waals surface area contributed by atoms with Crippen LogP contribution in [-0.4, -0.2) is 41.7 Å². The van der Waals surface area contributed by atoms with Gasteiger partial charge in [-0.05, 0) is 49.2 Å². The van der Waals surface area contributed by atoms with E-state index in [2.05, 4.69) is 10.0 Å². The lowest BCUT2D eigenvalue weighted by atomic mass is 10.1. The molecule has 0 saturated heterocycles. The number of ether oxygens (including phenoxy) is 3. The molecule has 2 aromatic carbocycles. The molecule has 0 fully saturated rings. The number of methoxy groups -OCH3 is 2. The Hall–Kier alpha value is -2.49.